The molecule has 0 aliphatic carbocycles. The van der Waals surface area contributed by atoms with E-state index in [-0.39, 0.29) is 38.0 Å². The maximum absolute atomic E-state index is 13.5. The first-order chi connectivity index (χ1) is 26.6. The molecule has 0 radical (unpaired) electrons. The van der Waals surface area contributed by atoms with Crippen LogP contribution in [0.2, 0.25) is 0 Å². The number of nitrogens with zero attached hydrogens (tertiary/aromatic N) is 1. The molecule has 0 aliphatic heterocycles. The summed E-state index contributed by atoms with van der Waals surface area (Å²) >= 11 is 0. The molecule has 0 saturated carbocycles. The Morgan fingerprint density at radius 1 is 0.909 bits per heavy atom. The van der Waals surface area contributed by atoms with Crippen LogP contribution in [0.5, 0.6) is 5.75 Å². The predicted octanol–water partition coefficient (Wildman–Crippen LogP) is 4.48. The van der Waals surface area contributed by atoms with Crippen LogP contribution in [-0.4, -0.2) is 80.7 Å². The first-order valence-corrected chi connectivity index (χ1v) is 18.3. The van der Waals surface area contributed by atoms with Crippen molar-refractivity contribution in [2.24, 2.45) is 5.92 Å². The van der Waals surface area contributed by atoms with E-state index in [1.54, 1.807) is 31.2 Å². The van der Waals surface area contributed by atoms with Gasteiger partial charge in [-0.05, 0) is 43.5 Å². The first kappa shape index (κ1) is 43.7. The maximum atomic E-state index is 13.5. The largest absolute Gasteiger partial charge is 0.494 e. The Bertz CT molecular complexity index is 1710. The molecule has 3 aromatic rings. The molecule has 15 heteroatoms. The number of unbranched alkanes of at least 4 members (excludes halogenated alkanes) is 2. The molecule has 1 heterocycles. The zero-order valence-electron chi connectivity index (χ0n) is 32.1. The number of rotatable bonds is 24. The zero-order chi connectivity index (χ0) is 40.2. The minimum absolute atomic E-state index is 0.00232. The maximum Gasteiger partial charge on any atom is 0.328 e. The number of ether oxygens (including phenoxy) is 3. The molecular formula is C40H52N4O11. The molecular weight excluding hydrogens is 712 g/mol. The van der Waals surface area contributed by atoms with Crippen molar-refractivity contribution in [1.29, 1.82) is 0 Å². The molecule has 15 nitrogen and oxygen atoms in total. The van der Waals surface area contributed by atoms with Crippen LogP contribution in [0.3, 0.4) is 0 Å². The second-order valence-electron chi connectivity index (χ2n) is 12.5. The van der Waals surface area contributed by atoms with Crippen LogP contribution < -0.4 is 20.7 Å². The molecule has 298 valence electrons. The van der Waals surface area contributed by atoms with Gasteiger partial charge in [0.25, 0.3) is 5.91 Å². The van der Waals surface area contributed by atoms with E-state index in [1.807, 2.05) is 37.3 Å². The Balaban J connectivity index is 1.65. The number of hydroxylamine groups is 2. The minimum Gasteiger partial charge on any atom is -0.494 e. The smallest absolute Gasteiger partial charge is 0.328 e. The lowest BCUT2D eigenvalue weighted by Gasteiger charge is -2.32. The summed E-state index contributed by atoms with van der Waals surface area (Å²) in [6, 6.07) is 15.8. The van der Waals surface area contributed by atoms with Crippen molar-refractivity contribution < 1.29 is 52.2 Å². The van der Waals surface area contributed by atoms with Gasteiger partial charge in [-0.2, -0.15) is 0 Å². The lowest BCUT2D eigenvalue weighted by atomic mass is 9.90. The average Bonchev–Trinajstić information content (AvgIpc) is 3.70. The van der Waals surface area contributed by atoms with Gasteiger partial charge in [-0.1, -0.05) is 75.6 Å². The average molecular weight is 765 g/mol. The van der Waals surface area contributed by atoms with E-state index in [1.165, 1.54) is 18.2 Å². The Kier molecular flexibility index (Phi) is 18.4. The lowest BCUT2D eigenvalue weighted by Crippen LogP contribution is -2.48. The summed E-state index contributed by atoms with van der Waals surface area (Å²) in [5.74, 6) is -2.76. The predicted molar refractivity (Wildman–Crippen MR) is 201 cm³/mol. The molecule has 1 aromatic heterocycles. The number of esters is 2. The van der Waals surface area contributed by atoms with Crippen molar-refractivity contribution in [1.82, 2.24) is 21.0 Å². The third-order valence-corrected chi connectivity index (χ3v) is 8.76. The molecule has 4 amide bonds. The van der Waals surface area contributed by atoms with Crippen molar-refractivity contribution in [2.75, 3.05) is 27.5 Å². The summed E-state index contributed by atoms with van der Waals surface area (Å²) in [6.45, 7) is 6.02. The number of nitrogens with one attached hydrogen (secondary N) is 3. The van der Waals surface area contributed by atoms with Crippen LogP contribution in [0.25, 0.3) is 11.3 Å². The number of carbonyl (C=O) groups excluding carboxylic acids is 6. The second-order valence-corrected chi connectivity index (χ2v) is 12.5. The van der Waals surface area contributed by atoms with Gasteiger partial charge in [-0.15, -0.1) is 0 Å². The Morgan fingerprint density at radius 3 is 2.33 bits per heavy atom. The molecule has 2 aromatic carbocycles. The molecule has 3 rings (SSSR count). The number of furan rings is 1. The van der Waals surface area contributed by atoms with Crippen LogP contribution in [0.4, 0.5) is 0 Å². The quantitative estimate of drug-likeness (QED) is 0.0383. The first-order valence-electron chi connectivity index (χ1n) is 18.3. The molecule has 55 heavy (non-hydrogen) atoms. The van der Waals surface area contributed by atoms with E-state index in [0.29, 0.717) is 41.9 Å². The van der Waals surface area contributed by atoms with Crippen LogP contribution in [-0.2, 0) is 51.3 Å². The SMILES string of the molecule is CCCCCC(C(=O)NCNC(=O)c1ccc(-c2ccc(CC(=O)NC(CC(=O)OC)C(=O)OC)c(OCC)c2)o1)C(CC)N(C=O)OCc1ccccc1. The van der Waals surface area contributed by atoms with E-state index in [0.717, 1.165) is 31.9 Å². The van der Waals surface area contributed by atoms with E-state index >= 15 is 0 Å². The van der Waals surface area contributed by atoms with Gasteiger partial charge >= 0.3 is 11.9 Å². The Hall–Kier alpha value is -5.70. The summed E-state index contributed by atoms with van der Waals surface area (Å²) in [4.78, 5) is 81.2. The highest BCUT2D eigenvalue weighted by Gasteiger charge is 2.32. The van der Waals surface area contributed by atoms with Crippen LogP contribution in [0.15, 0.2) is 65.1 Å². The number of benzene rings is 2. The van der Waals surface area contributed by atoms with Crippen molar-refractivity contribution in [3.05, 3.63) is 77.6 Å². The van der Waals surface area contributed by atoms with Crippen molar-refractivity contribution >= 4 is 36.1 Å². The topological polar surface area (TPSA) is 192 Å². The summed E-state index contributed by atoms with van der Waals surface area (Å²) in [7, 11) is 2.32. The summed E-state index contributed by atoms with van der Waals surface area (Å²) in [5, 5.41) is 9.16. The number of amides is 4. The summed E-state index contributed by atoms with van der Waals surface area (Å²) in [5.41, 5.74) is 1.95. The third kappa shape index (κ3) is 13.6. The van der Waals surface area contributed by atoms with E-state index in [9.17, 15) is 28.8 Å². The second kappa shape index (κ2) is 23.2. The fraction of sp³-hybridized carbons (Fsp3) is 0.450. The highest BCUT2D eigenvalue weighted by atomic mass is 16.7. The molecule has 0 saturated heterocycles. The number of hydrogen-bond donors (Lipinski definition) is 3. The van der Waals surface area contributed by atoms with Gasteiger partial charge in [0.15, 0.2) is 5.76 Å². The van der Waals surface area contributed by atoms with Gasteiger partial charge in [0.05, 0.1) is 52.3 Å². The van der Waals surface area contributed by atoms with Gasteiger partial charge in [0, 0.05) is 11.1 Å². The zero-order valence-corrected chi connectivity index (χ0v) is 32.1. The molecule has 3 unspecified atom stereocenters. The van der Waals surface area contributed by atoms with Crippen molar-refractivity contribution in [3.8, 4) is 17.1 Å². The standard InChI is InChI=1S/C40H52N4O11/c1-6-9-11-16-30(32(7-2)44(26-45)54-24-27-14-12-10-13-15-27)38(48)41-25-42-39(49)34-20-19-33(55-34)28-17-18-29(35(21-28)53-8-3)22-36(46)43-31(40(50)52-5)23-37(47)51-4/h10,12-15,17-21,26,30-32H,6-9,11,16,22-25H2,1-5H3,(H,41,48)(H,42,49)(H,43,46). The highest BCUT2D eigenvalue weighted by Crippen LogP contribution is 2.30. The molecule has 0 bridgehead atoms. The van der Waals surface area contributed by atoms with Gasteiger partial charge < -0.3 is 34.6 Å². The van der Waals surface area contributed by atoms with Gasteiger partial charge in [-0.3, -0.25) is 28.8 Å². The number of methoxy groups -OCH3 is 2. The monoisotopic (exact) mass is 764 g/mol. The number of hydrogen-bond acceptors (Lipinski definition) is 11. The molecule has 0 aliphatic rings. The van der Waals surface area contributed by atoms with Crippen molar-refractivity contribution in [2.45, 2.75) is 84.4 Å². The third-order valence-electron chi connectivity index (χ3n) is 8.76. The fourth-order valence-electron chi connectivity index (χ4n) is 5.87. The Labute approximate surface area is 321 Å². The van der Waals surface area contributed by atoms with Crippen molar-refractivity contribution in [3.63, 3.8) is 0 Å². The molecule has 0 spiro atoms. The minimum atomic E-state index is -1.22. The highest BCUT2D eigenvalue weighted by molar-refractivity contribution is 5.92. The summed E-state index contributed by atoms with van der Waals surface area (Å²) in [6.07, 6.45) is 3.71. The van der Waals surface area contributed by atoms with Gasteiger partial charge in [0.1, 0.15) is 24.2 Å². The van der Waals surface area contributed by atoms with E-state index in [4.69, 9.17) is 18.7 Å². The number of carbonyl (C=O) groups is 6. The molecule has 3 atom stereocenters. The normalized spacial score (nSPS) is 12.4. The molecule has 3 N–H and O–H groups in total. The summed E-state index contributed by atoms with van der Waals surface area (Å²) < 4.78 is 20.9. The van der Waals surface area contributed by atoms with Gasteiger partial charge in [-0.25, -0.2) is 9.86 Å². The molecule has 0 fully saturated rings. The van der Waals surface area contributed by atoms with Crippen LogP contribution in [0.1, 0.15) is 81.0 Å². The Morgan fingerprint density at radius 2 is 1.67 bits per heavy atom. The fourth-order valence-corrected chi connectivity index (χ4v) is 5.87. The van der Waals surface area contributed by atoms with Gasteiger partial charge in [0.2, 0.25) is 18.2 Å². The van der Waals surface area contributed by atoms with E-state index < -0.39 is 48.2 Å². The lowest BCUT2D eigenvalue weighted by molar-refractivity contribution is -0.200. The van der Waals surface area contributed by atoms with Crippen LogP contribution in [0, 0.1) is 5.92 Å². The van der Waals surface area contributed by atoms with Crippen LogP contribution >= 0.6 is 0 Å². The van der Waals surface area contributed by atoms with E-state index in [2.05, 4.69) is 27.6 Å².